The molecule has 0 aliphatic rings. The minimum atomic E-state index is -0.951. The Morgan fingerprint density at radius 3 is 2.80 bits per heavy atom. The van der Waals surface area contributed by atoms with E-state index in [0.29, 0.717) is 5.75 Å². The van der Waals surface area contributed by atoms with Crippen molar-refractivity contribution in [3.05, 3.63) is 29.3 Å². The fraction of sp³-hybridized carbons (Fsp3) is 0.364. The van der Waals surface area contributed by atoms with Crippen LogP contribution in [0.3, 0.4) is 0 Å². The summed E-state index contributed by atoms with van der Waals surface area (Å²) in [6, 6.07) is 5.32. The maximum absolute atomic E-state index is 10.5. The van der Waals surface area contributed by atoms with Gasteiger partial charge in [-0.1, -0.05) is 17.7 Å². The van der Waals surface area contributed by atoms with Crippen molar-refractivity contribution in [1.82, 2.24) is 0 Å². The average molecular weight is 225 g/mol. The van der Waals surface area contributed by atoms with E-state index in [1.54, 1.807) is 0 Å². The van der Waals surface area contributed by atoms with Crippen LogP contribution in [0.25, 0.3) is 0 Å². The molecule has 0 fully saturated rings. The molecular formula is C11H15NO2S. The number of hydrogen-bond acceptors (Lipinski definition) is 3. The Bertz CT molecular complexity index is 366. The number of aryl methyl sites for hydroxylation is 2. The second-order valence-electron chi connectivity index (χ2n) is 3.52. The molecule has 3 N–H and O–H groups in total. The summed E-state index contributed by atoms with van der Waals surface area (Å²) in [4.78, 5) is 11.6. The first-order valence-electron chi connectivity index (χ1n) is 4.69. The molecule has 1 aromatic carbocycles. The van der Waals surface area contributed by atoms with Gasteiger partial charge in [0.05, 0.1) is 0 Å². The summed E-state index contributed by atoms with van der Waals surface area (Å²) in [5, 5.41) is 8.65. The van der Waals surface area contributed by atoms with Gasteiger partial charge < -0.3 is 10.8 Å². The van der Waals surface area contributed by atoms with Crippen molar-refractivity contribution in [3.63, 3.8) is 0 Å². The minimum absolute atomic E-state index is 0.402. The van der Waals surface area contributed by atoms with Crippen molar-refractivity contribution >= 4 is 17.7 Å². The van der Waals surface area contributed by atoms with E-state index in [1.165, 1.54) is 17.3 Å². The van der Waals surface area contributed by atoms with E-state index in [9.17, 15) is 4.79 Å². The third kappa shape index (κ3) is 3.57. The molecule has 4 heteroatoms. The quantitative estimate of drug-likeness (QED) is 0.767. The van der Waals surface area contributed by atoms with Gasteiger partial charge in [0.2, 0.25) is 0 Å². The Morgan fingerprint density at radius 2 is 2.20 bits per heavy atom. The summed E-state index contributed by atoms with van der Waals surface area (Å²) < 4.78 is 0. The molecule has 0 saturated carbocycles. The van der Waals surface area contributed by atoms with Crippen molar-refractivity contribution < 1.29 is 9.90 Å². The third-order valence-corrected chi connectivity index (χ3v) is 3.36. The minimum Gasteiger partial charge on any atom is -0.480 e. The Labute approximate surface area is 93.7 Å². The molecule has 0 radical (unpaired) electrons. The van der Waals surface area contributed by atoms with Gasteiger partial charge in [0.1, 0.15) is 6.04 Å². The molecular weight excluding hydrogens is 210 g/mol. The topological polar surface area (TPSA) is 63.3 Å². The van der Waals surface area contributed by atoms with E-state index in [2.05, 4.69) is 6.07 Å². The molecule has 0 spiro atoms. The third-order valence-electron chi connectivity index (χ3n) is 2.08. The lowest BCUT2D eigenvalue weighted by molar-refractivity contribution is -0.137. The smallest absolute Gasteiger partial charge is 0.321 e. The van der Waals surface area contributed by atoms with Crippen LogP contribution in [0, 0.1) is 13.8 Å². The second kappa shape index (κ2) is 5.19. The molecule has 3 nitrogen and oxygen atoms in total. The largest absolute Gasteiger partial charge is 0.480 e. The molecule has 82 valence electrons. The van der Waals surface area contributed by atoms with E-state index in [0.717, 1.165) is 10.5 Å². The summed E-state index contributed by atoms with van der Waals surface area (Å²) in [7, 11) is 0. The van der Waals surface area contributed by atoms with Crippen LogP contribution in [0.4, 0.5) is 0 Å². The number of rotatable bonds is 4. The van der Waals surface area contributed by atoms with Crippen molar-refractivity contribution in [2.24, 2.45) is 5.73 Å². The zero-order valence-corrected chi connectivity index (χ0v) is 9.67. The molecule has 0 unspecified atom stereocenters. The highest BCUT2D eigenvalue weighted by atomic mass is 32.2. The maximum Gasteiger partial charge on any atom is 0.321 e. The highest BCUT2D eigenvalue weighted by Gasteiger charge is 2.12. The number of carboxylic acids is 1. The summed E-state index contributed by atoms with van der Waals surface area (Å²) in [5.74, 6) is -0.549. The highest BCUT2D eigenvalue weighted by molar-refractivity contribution is 7.99. The Hall–Kier alpha value is -1.00. The molecule has 0 aromatic heterocycles. The zero-order chi connectivity index (χ0) is 11.4. The van der Waals surface area contributed by atoms with Gasteiger partial charge in [-0.15, -0.1) is 11.8 Å². The van der Waals surface area contributed by atoms with Gasteiger partial charge in [0.25, 0.3) is 0 Å². The zero-order valence-electron chi connectivity index (χ0n) is 8.86. The lowest BCUT2D eigenvalue weighted by Crippen LogP contribution is -2.32. The maximum atomic E-state index is 10.5. The van der Waals surface area contributed by atoms with Crippen LogP contribution in [-0.4, -0.2) is 22.9 Å². The van der Waals surface area contributed by atoms with Crippen LogP contribution in [0.2, 0.25) is 0 Å². The van der Waals surface area contributed by atoms with Crippen molar-refractivity contribution in [2.45, 2.75) is 24.8 Å². The fourth-order valence-electron chi connectivity index (χ4n) is 1.11. The van der Waals surface area contributed by atoms with Gasteiger partial charge in [-0.05, 0) is 25.5 Å². The lowest BCUT2D eigenvalue weighted by atomic mass is 10.2. The summed E-state index contributed by atoms with van der Waals surface area (Å²) >= 11 is 1.49. The molecule has 1 rings (SSSR count). The van der Waals surface area contributed by atoms with Crippen LogP contribution in [0.1, 0.15) is 11.1 Å². The predicted molar refractivity (Wildman–Crippen MR) is 62.3 cm³/mol. The molecule has 0 saturated heterocycles. The molecule has 1 atom stereocenters. The van der Waals surface area contributed by atoms with Crippen molar-refractivity contribution in [3.8, 4) is 0 Å². The van der Waals surface area contributed by atoms with Crippen LogP contribution in [0.5, 0.6) is 0 Å². The summed E-state index contributed by atoms with van der Waals surface area (Å²) in [5.41, 5.74) is 7.76. The highest BCUT2D eigenvalue weighted by Crippen LogP contribution is 2.23. The van der Waals surface area contributed by atoms with E-state index in [-0.39, 0.29) is 0 Å². The van der Waals surface area contributed by atoms with Crippen molar-refractivity contribution in [2.75, 3.05) is 5.75 Å². The summed E-state index contributed by atoms with van der Waals surface area (Å²) in [6.07, 6.45) is 0. The van der Waals surface area contributed by atoms with Gasteiger partial charge in [-0.3, -0.25) is 4.79 Å². The number of carbonyl (C=O) groups is 1. The van der Waals surface area contributed by atoms with Crippen LogP contribution < -0.4 is 5.73 Å². The molecule has 0 amide bonds. The van der Waals surface area contributed by atoms with Gasteiger partial charge in [-0.25, -0.2) is 0 Å². The molecule has 0 heterocycles. The van der Waals surface area contributed by atoms with Crippen LogP contribution >= 0.6 is 11.8 Å². The number of nitrogens with two attached hydrogens (primary N) is 1. The van der Waals surface area contributed by atoms with Crippen LogP contribution in [-0.2, 0) is 4.79 Å². The molecule has 0 aliphatic heterocycles. The number of carboxylic acid groups (broad SMARTS) is 1. The lowest BCUT2D eigenvalue weighted by Gasteiger charge is -2.09. The van der Waals surface area contributed by atoms with E-state index in [4.69, 9.17) is 10.8 Å². The molecule has 0 bridgehead atoms. The van der Waals surface area contributed by atoms with Gasteiger partial charge in [0, 0.05) is 10.6 Å². The number of hydrogen-bond donors (Lipinski definition) is 2. The molecule has 0 aliphatic carbocycles. The standard InChI is InChI=1S/C11H15NO2S/c1-7-3-4-8(2)10(5-7)15-6-9(12)11(13)14/h3-5,9H,6,12H2,1-2H3,(H,13,14)/t9-/m1/s1. The van der Waals surface area contributed by atoms with Crippen LogP contribution in [0.15, 0.2) is 23.1 Å². The summed E-state index contributed by atoms with van der Waals surface area (Å²) in [6.45, 7) is 4.02. The van der Waals surface area contributed by atoms with E-state index >= 15 is 0 Å². The van der Waals surface area contributed by atoms with E-state index in [1.807, 2.05) is 26.0 Å². The van der Waals surface area contributed by atoms with Gasteiger partial charge in [-0.2, -0.15) is 0 Å². The normalized spacial score (nSPS) is 12.5. The molecule has 15 heavy (non-hydrogen) atoms. The van der Waals surface area contributed by atoms with E-state index < -0.39 is 12.0 Å². The van der Waals surface area contributed by atoms with Gasteiger partial charge in [0.15, 0.2) is 0 Å². The Balaban J connectivity index is 2.65. The first-order chi connectivity index (χ1) is 7.00. The Kier molecular flexibility index (Phi) is 4.17. The SMILES string of the molecule is Cc1ccc(C)c(SC[C@@H](N)C(=O)O)c1. The van der Waals surface area contributed by atoms with Gasteiger partial charge >= 0.3 is 5.97 Å². The molecule has 1 aromatic rings. The first-order valence-corrected chi connectivity index (χ1v) is 5.67. The number of thioether (sulfide) groups is 1. The number of benzene rings is 1. The number of aliphatic carboxylic acids is 1. The first kappa shape index (κ1) is 12.1. The average Bonchev–Trinajstić information content (AvgIpc) is 2.18. The van der Waals surface area contributed by atoms with Crippen molar-refractivity contribution in [1.29, 1.82) is 0 Å². The monoisotopic (exact) mass is 225 g/mol. The Morgan fingerprint density at radius 1 is 1.53 bits per heavy atom. The predicted octanol–water partition coefficient (Wildman–Crippen LogP) is 1.81. The second-order valence-corrected chi connectivity index (χ2v) is 4.59. The fourth-order valence-corrected chi connectivity index (χ4v) is 2.18.